The van der Waals surface area contributed by atoms with Crippen molar-refractivity contribution in [2.45, 2.75) is 70.8 Å². The minimum Gasteiger partial charge on any atom is -0.396 e. The number of nitrogens with one attached hydrogen (secondary N) is 1. The van der Waals surface area contributed by atoms with Crippen LogP contribution in [0.2, 0.25) is 0 Å². The molecule has 0 aliphatic heterocycles. The fourth-order valence-corrected chi connectivity index (χ4v) is 3.66. The first-order valence-corrected chi connectivity index (χ1v) is 7.60. The van der Waals surface area contributed by atoms with Crippen LogP contribution in [0.3, 0.4) is 0 Å². The van der Waals surface area contributed by atoms with Crippen LogP contribution in [0.4, 0.5) is 0 Å². The molecule has 0 amide bonds. The maximum absolute atomic E-state index is 9.70. The second kappa shape index (κ2) is 6.19. The molecule has 2 N–H and O–H groups in total. The molecule has 0 bridgehead atoms. The normalized spacial score (nSPS) is 33.5. The van der Waals surface area contributed by atoms with Gasteiger partial charge in [0.2, 0.25) is 0 Å². The van der Waals surface area contributed by atoms with E-state index in [1.165, 1.54) is 57.8 Å². The highest BCUT2D eigenvalue weighted by atomic mass is 16.3. The Bertz CT molecular complexity index is 223. The summed E-state index contributed by atoms with van der Waals surface area (Å²) >= 11 is 0. The van der Waals surface area contributed by atoms with E-state index in [1.807, 2.05) is 0 Å². The number of aliphatic hydroxyl groups is 1. The molecule has 0 aromatic heterocycles. The maximum atomic E-state index is 9.70. The maximum Gasteiger partial charge on any atom is 0.0499 e. The van der Waals surface area contributed by atoms with Crippen molar-refractivity contribution in [3.8, 4) is 0 Å². The van der Waals surface area contributed by atoms with E-state index in [0.717, 1.165) is 12.5 Å². The predicted octanol–water partition coefficient (Wildman–Crippen LogP) is 3.10. The van der Waals surface area contributed by atoms with Gasteiger partial charge in [0, 0.05) is 24.6 Å². The Kier molecular flexibility index (Phi) is 4.87. The second-order valence-electron chi connectivity index (χ2n) is 6.47. The summed E-state index contributed by atoms with van der Waals surface area (Å²) in [5, 5.41) is 13.5. The van der Waals surface area contributed by atoms with Gasteiger partial charge >= 0.3 is 0 Å². The van der Waals surface area contributed by atoms with Crippen LogP contribution in [0.15, 0.2) is 0 Å². The first-order chi connectivity index (χ1) is 8.26. The van der Waals surface area contributed by atoms with E-state index < -0.39 is 0 Å². The van der Waals surface area contributed by atoms with E-state index in [-0.39, 0.29) is 5.41 Å². The lowest BCUT2D eigenvalue weighted by molar-refractivity contribution is 0.0735. The van der Waals surface area contributed by atoms with Crippen LogP contribution < -0.4 is 5.32 Å². The average Bonchev–Trinajstić information content (AvgIpc) is 2.39. The summed E-state index contributed by atoms with van der Waals surface area (Å²) in [6, 6.07) is 0.703. The molecule has 0 spiro atoms. The number of aliphatic hydroxyl groups excluding tert-OH is 1. The zero-order valence-corrected chi connectivity index (χ0v) is 11.4. The van der Waals surface area contributed by atoms with Gasteiger partial charge in [-0.05, 0) is 31.6 Å². The summed E-state index contributed by atoms with van der Waals surface area (Å²) < 4.78 is 0. The van der Waals surface area contributed by atoms with Gasteiger partial charge < -0.3 is 10.4 Å². The molecule has 2 unspecified atom stereocenters. The molecule has 0 aromatic rings. The molecule has 0 radical (unpaired) electrons. The van der Waals surface area contributed by atoms with Crippen molar-refractivity contribution >= 4 is 0 Å². The third-order valence-corrected chi connectivity index (χ3v) is 5.10. The van der Waals surface area contributed by atoms with Crippen LogP contribution in [0.5, 0.6) is 0 Å². The predicted molar refractivity (Wildman–Crippen MR) is 72.0 cm³/mol. The van der Waals surface area contributed by atoms with Crippen molar-refractivity contribution in [3.05, 3.63) is 0 Å². The molecule has 0 aromatic carbocycles. The standard InChI is InChI=1S/C15H29NO/c1-13-7-3-4-8-14(13)16-11-15(12-17)9-5-2-6-10-15/h13-14,16-17H,2-12H2,1H3. The van der Waals surface area contributed by atoms with Gasteiger partial charge in [-0.25, -0.2) is 0 Å². The number of hydrogen-bond acceptors (Lipinski definition) is 2. The lowest BCUT2D eigenvalue weighted by Crippen LogP contribution is -2.46. The molecule has 0 saturated heterocycles. The van der Waals surface area contributed by atoms with Gasteiger partial charge in [-0.1, -0.05) is 39.0 Å². The lowest BCUT2D eigenvalue weighted by atomic mass is 9.74. The average molecular weight is 239 g/mol. The molecule has 0 heterocycles. The third kappa shape index (κ3) is 3.45. The smallest absolute Gasteiger partial charge is 0.0499 e. The Morgan fingerprint density at radius 2 is 1.76 bits per heavy atom. The molecular weight excluding hydrogens is 210 g/mol. The van der Waals surface area contributed by atoms with Gasteiger partial charge in [0.15, 0.2) is 0 Å². The highest BCUT2D eigenvalue weighted by Gasteiger charge is 2.32. The Morgan fingerprint density at radius 3 is 2.41 bits per heavy atom. The SMILES string of the molecule is CC1CCCCC1NCC1(CO)CCCCC1. The van der Waals surface area contributed by atoms with Crippen LogP contribution in [-0.4, -0.2) is 24.3 Å². The summed E-state index contributed by atoms with van der Waals surface area (Å²) in [4.78, 5) is 0. The monoisotopic (exact) mass is 239 g/mol. The second-order valence-corrected chi connectivity index (χ2v) is 6.47. The minimum atomic E-state index is 0.204. The molecule has 2 rings (SSSR count). The minimum absolute atomic E-state index is 0.204. The van der Waals surface area contributed by atoms with Gasteiger partial charge in [0.25, 0.3) is 0 Å². The molecule has 2 fully saturated rings. The molecule has 2 atom stereocenters. The molecule has 100 valence electrons. The molecule has 2 saturated carbocycles. The van der Waals surface area contributed by atoms with Gasteiger partial charge in [0.05, 0.1) is 0 Å². The van der Waals surface area contributed by atoms with Crippen molar-refractivity contribution in [2.75, 3.05) is 13.2 Å². The first-order valence-electron chi connectivity index (χ1n) is 7.60. The van der Waals surface area contributed by atoms with Crippen molar-refractivity contribution in [1.29, 1.82) is 0 Å². The summed E-state index contributed by atoms with van der Waals surface area (Å²) in [5.74, 6) is 0.822. The molecule has 2 aliphatic rings. The third-order valence-electron chi connectivity index (χ3n) is 5.10. The Hall–Kier alpha value is -0.0800. The fourth-order valence-electron chi connectivity index (χ4n) is 3.66. The Morgan fingerprint density at radius 1 is 1.06 bits per heavy atom. The van der Waals surface area contributed by atoms with Gasteiger partial charge in [-0.2, -0.15) is 0 Å². The first kappa shape index (κ1) is 13.4. The zero-order chi connectivity index (χ0) is 12.1. The quantitative estimate of drug-likeness (QED) is 0.790. The van der Waals surface area contributed by atoms with Crippen molar-refractivity contribution in [3.63, 3.8) is 0 Å². The molecule has 17 heavy (non-hydrogen) atoms. The topological polar surface area (TPSA) is 32.3 Å². The van der Waals surface area contributed by atoms with E-state index in [0.29, 0.717) is 12.6 Å². The van der Waals surface area contributed by atoms with E-state index >= 15 is 0 Å². The van der Waals surface area contributed by atoms with Crippen molar-refractivity contribution in [2.24, 2.45) is 11.3 Å². The van der Waals surface area contributed by atoms with Crippen LogP contribution in [0, 0.1) is 11.3 Å². The molecule has 2 aliphatic carbocycles. The van der Waals surface area contributed by atoms with Gasteiger partial charge in [0.1, 0.15) is 0 Å². The van der Waals surface area contributed by atoms with Crippen LogP contribution in [0.1, 0.15) is 64.7 Å². The summed E-state index contributed by atoms with van der Waals surface area (Å²) in [7, 11) is 0. The summed E-state index contributed by atoms with van der Waals surface area (Å²) in [6.07, 6.45) is 11.9. The number of rotatable bonds is 4. The van der Waals surface area contributed by atoms with Crippen LogP contribution in [0.25, 0.3) is 0 Å². The van der Waals surface area contributed by atoms with E-state index in [2.05, 4.69) is 12.2 Å². The van der Waals surface area contributed by atoms with E-state index in [9.17, 15) is 5.11 Å². The van der Waals surface area contributed by atoms with Crippen molar-refractivity contribution < 1.29 is 5.11 Å². The lowest BCUT2D eigenvalue weighted by Gasteiger charge is -2.39. The molecule has 2 heteroatoms. The van der Waals surface area contributed by atoms with Crippen LogP contribution in [-0.2, 0) is 0 Å². The Balaban J connectivity index is 1.82. The van der Waals surface area contributed by atoms with E-state index in [1.54, 1.807) is 0 Å². The zero-order valence-electron chi connectivity index (χ0n) is 11.4. The molecular formula is C15H29NO. The van der Waals surface area contributed by atoms with Crippen LogP contribution >= 0.6 is 0 Å². The van der Waals surface area contributed by atoms with E-state index in [4.69, 9.17) is 0 Å². The summed E-state index contributed by atoms with van der Waals surface area (Å²) in [5.41, 5.74) is 0.204. The fraction of sp³-hybridized carbons (Fsp3) is 1.00. The highest BCUT2D eigenvalue weighted by Crippen LogP contribution is 2.36. The summed E-state index contributed by atoms with van der Waals surface area (Å²) in [6.45, 7) is 3.79. The number of hydrogen-bond donors (Lipinski definition) is 2. The Labute approximate surface area is 106 Å². The van der Waals surface area contributed by atoms with Gasteiger partial charge in [-0.3, -0.25) is 0 Å². The largest absolute Gasteiger partial charge is 0.396 e. The van der Waals surface area contributed by atoms with Gasteiger partial charge in [-0.15, -0.1) is 0 Å². The van der Waals surface area contributed by atoms with Crippen molar-refractivity contribution in [1.82, 2.24) is 5.32 Å². The molecule has 2 nitrogen and oxygen atoms in total. The highest BCUT2D eigenvalue weighted by molar-refractivity contribution is 4.87.